The lowest BCUT2D eigenvalue weighted by atomic mass is 9.81. The molecule has 0 spiro atoms. The largest absolute Gasteiger partial charge is 0.330 e. The maximum Gasteiger partial charge on any atom is 0.237 e. The van der Waals surface area contributed by atoms with Gasteiger partial charge in [-0.3, -0.25) is 14.5 Å². The molecule has 1 amide bonds. The van der Waals surface area contributed by atoms with Crippen molar-refractivity contribution in [1.82, 2.24) is 9.80 Å². The van der Waals surface area contributed by atoms with Crippen molar-refractivity contribution >= 4 is 22.5 Å². The van der Waals surface area contributed by atoms with Gasteiger partial charge in [0.1, 0.15) is 0 Å². The Morgan fingerprint density at radius 3 is 2.33 bits per heavy atom. The predicted octanol–water partition coefficient (Wildman–Crippen LogP) is 4.77. The van der Waals surface area contributed by atoms with Gasteiger partial charge in [0.05, 0.1) is 13.1 Å². The summed E-state index contributed by atoms with van der Waals surface area (Å²) in [5.74, 6) is 0.156. The Hall–Kier alpha value is -2.24. The molecule has 180 valence electrons. The third-order valence-electron chi connectivity index (χ3n) is 7.28. The summed E-state index contributed by atoms with van der Waals surface area (Å²) in [4.78, 5) is 30.9. The number of fused-ring (bicyclic) bond motifs is 1. The molecule has 0 atom stereocenters. The fraction of sp³-hybridized carbons (Fsp3) is 0.571. The maximum absolute atomic E-state index is 13.6. The van der Waals surface area contributed by atoms with Crippen LogP contribution >= 0.6 is 0 Å². The summed E-state index contributed by atoms with van der Waals surface area (Å²) in [5, 5.41) is 2.32. The minimum atomic E-state index is -0.426. The summed E-state index contributed by atoms with van der Waals surface area (Å²) in [6, 6.07) is 14.5. The Morgan fingerprint density at radius 2 is 1.61 bits per heavy atom. The number of ketones is 1. The average molecular weight is 452 g/mol. The molecule has 1 fully saturated rings. The van der Waals surface area contributed by atoms with Crippen LogP contribution < -0.4 is 5.73 Å². The van der Waals surface area contributed by atoms with Gasteiger partial charge in [0.15, 0.2) is 5.78 Å². The zero-order valence-corrected chi connectivity index (χ0v) is 20.9. The molecule has 2 aromatic carbocycles. The molecule has 3 rings (SSSR count). The lowest BCUT2D eigenvalue weighted by molar-refractivity contribution is -0.141. The van der Waals surface area contributed by atoms with Gasteiger partial charge in [-0.05, 0) is 62.1 Å². The predicted molar refractivity (Wildman–Crippen MR) is 136 cm³/mol. The molecule has 0 aliphatic carbocycles. The number of Topliss-reactive ketones (excluding diaryl/α,β-unsaturated/α-hetero) is 1. The number of carbonyl (C=O) groups excluding carboxylic acids is 2. The molecule has 0 aromatic heterocycles. The van der Waals surface area contributed by atoms with E-state index in [0.29, 0.717) is 19.6 Å². The third kappa shape index (κ3) is 6.64. The van der Waals surface area contributed by atoms with Crippen LogP contribution in [0, 0.1) is 5.41 Å². The number of rotatable bonds is 5. The number of benzene rings is 2. The van der Waals surface area contributed by atoms with E-state index in [1.54, 1.807) is 4.90 Å². The van der Waals surface area contributed by atoms with E-state index < -0.39 is 5.41 Å². The van der Waals surface area contributed by atoms with Gasteiger partial charge in [0, 0.05) is 24.0 Å². The second-order valence-corrected chi connectivity index (χ2v) is 10.8. The topological polar surface area (TPSA) is 66.6 Å². The lowest BCUT2D eigenvalue weighted by Gasteiger charge is -2.40. The van der Waals surface area contributed by atoms with Crippen molar-refractivity contribution in [1.29, 1.82) is 0 Å². The molecular weight excluding hydrogens is 410 g/mol. The van der Waals surface area contributed by atoms with E-state index in [1.165, 1.54) is 5.39 Å². The summed E-state index contributed by atoms with van der Waals surface area (Å²) in [7, 11) is 0. The number of hydrogen-bond acceptors (Lipinski definition) is 4. The van der Waals surface area contributed by atoms with Crippen molar-refractivity contribution in [3.63, 3.8) is 0 Å². The van der Waals surface area contributed by atoms with E-state index in [9.17, 15) is 9.59 Å². The van der Waals surface area contributed by atoms with Gasteiger partial charge in [-0.1, -0.05) is 63.1 Å². The van der Waals surface area contributed by atoms with Crippen LogP contribution in [-0.4, -0.2) is 53.2 Å². The van der Waals surface area contributed by atoms with Crippen molar-refractivity contribution < 1.29 is 9.59 Å². The van der Waals surface area contributed by atoms with Gasteiger partial charge in [-0.2, -0.15) is 0 Å². The average Bonchev–Trinajstić information content (AvgIpc) is 2.78. The van der Waals surface area contributed by atoms with E-state index in [2.05, 4.69) is 49.1 Å². The van der Waals surface area contributed by atoms with Gasteiger partial charge in [0.25, 0.3) is 0 Å². The Labute approximate surface area is 199 Å². The van der Waals surface area contributed by atoms with Crippen LogP contribution in [0.15, 0.2) is 42.5 Å². The highest BCUT2D eigenvalue weighted by atomic mass is 16.2. The second kappa shape index (κ2) is 10.8. The Morgan fingerprint density at radius 1 is 0.909 bits per heavy atom. The summed E-state index contributed by atoms with van der Waals surface area (Å²) >= 11 is 0. The summed E-state index contributed by atoms with van der Waals surface area (Å²) < 4.78 is 0. The monoisotopic (exact) mass is 451 g/mol. The molecule has 0 bridgehead atoms. The van der Waals surface area contributed by atoms with Crippen molar-refractivity contribution in [2.24, 2.45) is 11.1 Å². The third-order valence-corrected chi connectivity index (χ3v) is 7.28. The van der Waals surface area contributed by atoms with Crippen LogP contribution in [0.25, 0.3) is 10.8 Å². The molecule has 0 saturated carbocycles. The van der Waals surface area contributed by atoms with Crippen LogP contribution in [0.5, 0.6) is 0 Å². The molecule has 1 aliphatic heterocycles. The van der Waals surface area contributed by atoms with Crippen LogP contribution in [0.1, 0.15) is 65.4 Å². The molecule has 5 heteroatoms. The molecule has 33 heavy (non-hydrogen) atoms. The van der Waals surface area contributed by atoms with E-state index in [4.69, 9.17) is 5.73 Å². The Kier molecular flexibility index (Phi) is 8.30. The van der Waals surface area contributed by atoms with Crippen molar-refractivity contribution in [3.05, 3.63) is 48.0 Å². The van der Waals surface area contributed by atoms with Gasteiger partial charge in [0.2, 0.25) is 5.91 Å². The molecule has 0 unspecified atom stereocenters. The zero-order valence-electron chi connectivity index (χ0n) is 20.9. The first-order valence-corrected chi connectivity index (χ1v) is 12.4. The molecule has 1 aliphatic rings. The highest BCUT2D eigenvalue weighted by Gasteiger charge is 2.34. The van der Waals surface area contributed by atoms with Crippen LogP contribution in [-0.2, 0) is 16.1 Å². The van der Waals surface area contributed by atoms with Gasteiger partial charge >= 0.3 is 0 Å². The smallest absolute Gasteiger partial charge is 0.237 e. The SMILES string of the molecule is CC1(C)CCCCC(C)(C)N(CCCN)CC(=O)N(Cc2ccc3ccccc3c2)CC1=O. The van der Waals surface area contributed by atoms with Crippen molar-refractivity contribution in [2.75, 3.05) is 26.2 Å². The molecular formula is C28H41N3O2. The van der Waals surface area contributed by atoms with Crippen LogP contribution in [0.4, 0.5) is 0 Å². The quantitative estimate of drug-likeness (QED) is 0.711. The highest BCUT2D eigenvalue weighted by molar-refractivity contribution is 5.90. The number of nitrogens with zero attached hydrogens (tertiary/aromatic N) is 2. The normalized spacial score (nSPS) is 20.5. The molecule has 0 radical (unpaired) electrons. The van der Waals surface area contributed by atoms with Crippen molar-refractivity contribution in [2.45, 2.75) is 71.9 Å². The maximum atomic E-state index is 13.6. The Bertz CT molecular complexity index is 967. The summed E-state index contributed by atoms with van der Waals surface area (Å²) in [6.07, 6.45) is 4.78. The van der Waals surface area contributed by atoms with Crippen LogP contribution in [0.3, 0.4) is 0 Å². The fourth-order valence-electron chi connectivity index (χ4n) is 4.74. The second-order valence-electron chi connectivity index (χ2n) is 10.8. The van der Waals surface area contributed by atoms with E-state index in [0.717, 1.165) is 49.6 Å². The zero-order chi connectivity index (χ0) is 24.1. The first kappa shape index (κ1) is 25.4. The molecule has 5 nitrogen and oxygen atoms in total. The molecule has 1 saturated heterocycles. The summed E-state index contributed by atoms with van der Waals surface area (Å²) in [6.45, 7) is 10.8. The number of hydrogen-bond donors (Lipinski definition) is 1. The molecule has 1 heterocycles. The van der Waals surface area contributed by atoms with Crippen LogP contribution in [0.2, 0.25) is 0 Å². The van der Waals surface area contributed by atoms with E-state index in [-0.39, 0.29) is 23.8 Å². The number of carbonyl (C=O) groups is 2. The fourth-order valence-corrected chi connectivity index (χ4v) is 4.74. The first-order valence-electron chi connectivity index (χ1n) is 12.4. The van der Waals surface area contributed by atoms with Gasteiger partial charge in [-0.25, -0.2) is 0 Å². The van der Waals surface area contributed by atoms with Gasteiger partial charge < -0.3 is 10.6 Å². The first-order chi connectivity index (χ1) is 15.6. The highest BCUT2D eigenvalue weighted by Crippen LogP contribution is 2.30. The minimum absolute atomic E-state index is 0.0120. The molecule has 2 N–H and O–H groups in total. The minimum Gasteiger partial charge on any atom is -0.330 e. The van der Waals surface area contributed by atoms with Crippen molar-refractivity contribution in [3.8, 4) is 0 Å². The number of amides is 1. The number of nitrogens with two attached hydrogens (primary N) is 1. The molecule has 2 aromatic rings. The van der Waals surface area contributed by atoms with E-state index >= 15 is 0 Å². The standard InChI is InChI=1S/C28H41N3O2/c1-27(2)14-7-8-15-28(3,4)31(17-9-16-29)21-26(33)30(20-25(27)32)19-22-12-13-23-10-5-6-11-24(23)18-22/h5-6,10-13,18H,7-9,14-17,19-21,29H2,1-4H3. The van der Waals surface area contributed by atoms with Gasteiger partial charge in [-0.15, -0.1) is 0 Å². The lowest BCUT2D eigenvalue weighted by Crippen LogP contribution is -2.52. The summed E-state index contributed by atoms with van der Waals surface area (Å²) in [5.41, 5.74) is 6.33. The Balaban J connectivity index is 1.90. The van der Waals surface area contributed by atoms with E-state index in [1.807, 2.05) is 26.0 Å².